The number of aromatic amines is 1. The Kier molecular flexibility index (Phi) is 3.03. The molecule has 0 spiro atoms. The van der Waals surface area contributed by atoms with Crippen LogP contribution in [0.5, 0.6) is 11.5 Å². The van der Waals surface area contributed by atoms with Crippen molar-refractivity contribution in [1.29, 1.82) is 0 Å². The fourth-order valence-corrected chi connectivity index (χ4v) is 5.38. The number of phenols is 1. The van der Waals surface area contributed by atoms with E-state index in [0.29, 0.717) is 15.5 Å². The lowest BCUT2D eigenvalue weighted by Crippen LogP contribution is -2.48. The molecule has 2 aliphatic heterocycles. The number of esters is 1. The molecule has 0 fully saturated rings. The van der Waals surface area contributed by atoms with Gasteiger partial charge in [-0.25, -0.2) is 0 Å². The van der Waals surface area contributed by atoms with Crippen LogP contribution in [0.25, 0.3) is 0 Å². The number of fused-ring (bicyclic) bond motifs is 5. The Balaban J connectivity index is 2.00. The van der Waals surface area contributed by atoms with Crippen molar-refractivity contribution < 1.29 is 24.5 Å². The summed E-state index contributed by atoms with van der Waals surface area (Å²) < 4.78 is 5.22. The summed E-state index contributed by atoms with van der Waals surface area (Å²) in [5, 5.41) is 20.4. The average Bonchev–Trinajstić information content (AvgIpc) is 2.86. The molecule has 3 atom stereocenters. The van der Waals surface area contributed by atoms with Crippen LogP contribution in [-0.2, 0) is 9.59 Å². The highest BCUT2D eigenvalue weighted by molar-refractivity contribution is 8.00. The molecule has 0 saturated heterocycles. The second kappa shape index (κ2) is 4.87. The molecule has 4 rings (SSSR count). The quantitative estimate of drug-likeness (QED) is 0.550. The number of carboxylic acid groups (broad SMARTS) is 1. The van der Waals surface area contributed by atoms with Crippen LogP contribution in [0.2, 0.25) is 0 Å². The topological polar surface area (TPSA) is 120 Å². The fraction of sp³-hybridized carbons (Fsp3) is 0.214. The van der Waals surface area contributed by atoms with Gasteiger partial charge >= 0.3 is 10.8 Å². The van der Waals surface area contributed by atoms with Crippen LogP contribution in [0, 0.1) is 5.92 Å². The van der Waals surface area contributed by atoms with Crippen molar-refractivity contribution in [3.8, 4) is 11.5 Å². The van der Waals surface area contributed by atoms with Crippen molar-refractivity contribution in [3.05, 3.63) is 38.3 Å². The molecule has 0 bridgehead atoms. The van der Waals surface area contributed by atoms with Gasteiger partial charge < -0.3 is 24.7 Å². The summed E-state index contributed by atoms with van der Waals surface area (Å²) in [5.74, 6) is -3.54. The highest BCUT2D eigenvalue weighted by atomic mass is 32.2. The monoisotopic (exact) mass is 350 g/mol. The molecular weight excluding hydrogens is 342 g/mol. The third-order valence-corrected chi connectivity index (χ3v) is 6.29. The molecule has 9 heteroatoms. The number of phenolic OH excluding ortho intramolecular Hbond substituents is 1. The predicted octanol–water partition coefficient (Wildman–Crippen LogP) is 0.0333. The van der Waals surface area contributed by atoms with Crippen LogP contribution in [0.3, 0.4) is 0 Å². The first-order chi connectivity index (χ1) is 11.0. The second-order valence-corrected chi connectivity index (χ2v) is 7.38. The van der Waals surface area contributed by atoms with Crippen LogP contribution < -0.4 is 14.7 Å². The molecule has 0 saturated carbocycles. The summed E-state index contributed by atoms with van der Waals surface area (Å²) in [6.07, 6.45) is 0. The maximum atomic E-state index is 12.3. The number of carbonyl (C=O) groups is 2. The van der Waals surface area contributed by atoms with Crippen LogP contribution in [0.15, 0.2) is 28.0 Å². The van der Waals surface area contributed by atoms with Crippen molar-refractivity contribution in [1.82, 2.24) is 4.98 Å². The van der Waals surface area contributed by atoms with Crippen LogP contribution in [-0.4, -0.2) is 27.3 Å². The largest absolute Gasteiger partial charge is 0.549 e. The van der Waals surface area contributed by atoms with Gasteiger partial charge in [-0.05, 0) is 18.2 Å². The Morgan fingerprint density at radius 3 is 2.87 bits per heavy atom. The Hall–Kier alpha value is -2.26. The highest BCUT2D eigenvalue weighted by Crippen LogP contribution is 2.53. The molecule has 0 aliphatic carbocycles. The minimum absolute atomic E-state index is 0.0342. The number of aromatic nitrogens is 1. The minimum atomic E-state index is -1.40. The van der Waals surface area contributed by atoms with Crippen molar-refractivity contribution in [2.75, 3.05) is 0 Å². The standard InChI is InChI=1S/C14H9NO6S2/c16-4-1-2-6-5(3-4)7-8(13(19)21-6)10(12(17)18)22-11-9(7)23-14(20)15-11/h1-3,7-8,10,16H,(H,15,20)(H,17,18)/p-1/t7-,8+,10+/m1/s1. The zero-order valence-electron chi connectivity index (χ0n) is 11.3. The SMILES string of the molecule is O=C1Oc2ccc(O)cc2[C@H]2c3sc(=O)[nH]c3S[C@H](C(=O)[O-])[C@@H]12. The molecule has 0 unspecified atom stereocenters. The van der Waals surface area contributed by atoms with E-state index in [1.165, 1.54) is 18.2 Å². The molecule has 1 aromatic carbocycles. The van der Waals surface area contributed by atoms with Gasteiger partial charge in [0.05, 0.1) is 22.2 Å². The summed E-state index contributed by atoms with van der Waals surface area (Å²) >= 11 is 1.81. The lowest BCUT2D eigenvalue weighted by Gasteiger charge is -2.39. The Labute approximate surface area is 136 Å². The number of benzene rings is 1. The fourth-order valence-electron chi connectivity index (χ4n) is 2.99. The number of carbonyl (C=O) groups excluding carboxylic acids is 2. The maximum Gasteiger partial charge on any atom is 0.316 e. The van der Waals surface area contributed by atoms with Crippen LogP contribution in [0.1, 0.15) is 16.4 Å². The van der Waals surface area contributed by atoms with Gasteiger partial charge in [-0.1, -0.05) is 23.1 Å². The summed E-state index contributed by atoms with van der Waals surface area (Å²) in [5.41, 5.74) is 0.484. The molecule has 23 heavy (non-hydrogen) atoms. The molecule has 118 valence electrons. The Morgan fingerprint density at radius 1 is 1.35 bits per heavy atom. The normalized spacial score (nSPS) is 25.0. The number of hydrogen-bond acceptors (Lipinski definition) is 8. The van der Waals surface area contributed by atoms with Gasteiger partial charge in [-0.15, -0.1) is 0 Å². The second-order valence-electron chi connectivity index (χ2n) is 5.21. The van der Waals surface area contributed by atoms with E-state index >= 15 is 0 Å². The predicted molar refractivity (Wildman–Crippen MR) is 78.7 cm³/mol. The van der Waals surface area contributed by atoms with E-state index in [2.05, 4.69) is 4.98 Å². The van der Waals surface area contributed by atoms with Gasteiger partial charge in [-0.2, -0.15) is 0 Å². The third-order valence-electron chi connectivity index (χ3n) is 3.90. The van der Waals surface area contributed by atoms with Crippen molar-refractivity contribution in [3.63, 3.8) is 0 Å². The number of thiazole rings is 1. The number of rotatable bonds is 1. The number of hydrogen-bond donors (Lipinski definition) is 2. The summed E-state index contributed by atoms with van der Waals surface area (Å²) in [4.78, 5) is 38.3. The summed E-state index contributed by atoms with van der Waals surface area (Å²) in [6, 6.07) is 4.25. The average molecular weight is 350 g/mol. The lowest BCUT2D eigenvalue weighted by atomic mass is 9.80. The van der Waals surface area contributed by atoms with Crippen molar-refractivity contribution in [2.45, 2.75) is 16.2 Å². The zero-order valence-corrected chi connectivity index (χ0v) is 12.9. The number of aromatic hydroxyl groups is 1. The Morgan fingerprint density at radius 2 is 2.13 bits per heavy atom. The number of H-pyrrole nitrogens is 1. The molecular formula is C14H8NO6S2-. The van der Waals surface area contributed by atoms with E-state index in [9.17, 15) is 24.6 Å². The van der Waals surface area contributed by atoms with E-state index < -0.39 is 29.0 Å². The number of ether oxygens (including phenoxy) is 1. The first-order valence-electron chi connectivity index (χ1n) is 6.61. The highest BCUT2D eigenvalue weighted by Gasteiger charge is 2.49. The van der Waals surface area contributed by atoms with E-state index in [4.69, 9.17) is 4.74 Å². The van der Waals surface area contributed by atoms with Gasteiger partial charge in [0.1, 0.15) is 11.5 Å². The number of nitrogens with one attached hydrogen (secondary N) is 1. The molecule has 0 amide bonds. The molecule has 2 N–H and O–H groups in total. The molecule has 1 aromatic heterocycles. The first-order valence-corrected chi connectivity index (χ1v) is 8.30. The van der Waals surface area contributed by atoms with Gasteiger partial charge in [0.25, 0.3) is 0 Å². The Bertz CT molecular complexity index is 901. The van der Waals surface area contributed by atoms with E-state index in [1.54, 1.807) is 0 Å². The molecule has 7 nitrogen and oxygen atoms in total. The molecule has 3 heterocycles. The first kappa shape index (κ1) is 14.3. The number of thioether (sulfide) groups is 1. The van der Waals surface area contributed by atoms with Crippen molar-refractivity contribution in [2.24, 2.45) is 5.92 Å². The zero-order chi connectivity index (χ0) is 16.3. The van der Waals surface area contributed by atoms with Crippen LogP contribution in [0.4, 0.5) is 0 Å². The molecule has 2 aromatic rings. The third kappa shape index (κ3) is 2.07. The number of aliphatic carboxylic acids is 1. The number of carboxylic acids is 1. The maximum absolute atomic E-state index is 12.3. The summed E-state index contributed by atoms with van der Waals surface area (Å²) in [6.45, 7) is 0. The van der Waals surface area contributed by atoms with Gasteiger partial charge in [-0.3, -0.25) is 9.59 Å². The summed E-state index contributed by atoms with van der Waals surface area (Å²) in [7, 11) is 0. The smallest absolute Gasteiger partial charge is 0.316 e. The van der Waals surface area contributed by atoms with E-state index in [0.717, 1.165) is 23.1 Å². The lowest BCUT2D eigenvalue weighted by molar-refractivity contribution is -0.306. The van der Waals surface area contributed by atoms with Gasteiger partial charge in [0.15, 0.2) is 0 Å². The van der Waals surface area contributed by atoms with Gasteiger partial charge in [0, 0.05) is 16.4 Å². The molecule has 0 radical (unpaired) electrons. The van der Waals surface area contributed by atoms with Crippen LogP contribution >= 0.6 is 23.1 Å². The van der Waals surface area contributed by atoms with E-state index in [1.807, 2.05) is 0 Å². The minimum Gasteiger partial charge on any atom is -0.549 e. The van der Waals surface area contributed by atoms with Gasteiger partial charge in [0.2, 0.25) is 0 Å². The van der Waals surface area contributed by atoms with E-state index in [-0.39, 0.29) is 16.4 Å². The van der Waals surface area contributed by atoms with Crippen molar-refractivity contribution >= 4 is 35.0 Å². The molecule has 2 aliphatic rings.